The largest absolute Gasteiger partial charge is 0.496 e. The molecule has 0 aliphatic heterocycles. The van der Waals surface area contributed by atoms with E-state index in [9.17, 15) is 0 Å². The van der Waals surface area contributed by atoms with Gasteiger partial charge in [-0.2, -0.15) is 0 Å². The molecule has 0 radical (unpaired) electrons. The molecular weight excluding hydrogens is 222 g/mol. The van der Waals surface area contributed by atoms with Crippen LogP contribution in [-0.4, -0.2) is 20.2 Å². The van der Waals surface area contributed by atoms with E-state index in [2.05, 4.69) is 24.0 Å². The van der Waals surface area contributed by atoms with Gasteiger partial charge in [0.2, 0.25) is 0 Å². The van der Waals surface area contributed by atoms with Gasteiger partial charge in [0.15, 0.2) is 0 Å². The highest BCUT2D eigenvalue weighted by Crippen LogP contribution is 2.18. The predicted molar refractivity (Wildman–Crippen MR) is 72.3 cm³/mol. The lowest BCUT2D eigenvalue weighted by Gasteiger charge is -2.03. The fraction of sp³-hybridized carbons (Fsp3) is 0.231. The average Bonchev–Trinajstić information content (AvgIpc) is 2.29. The monoisotopic (exact) mass is 239 g/mol. The maximum absolute atomic E-state index is 5.24. The first-order valence-electron chi connectivity index (χ1n) is 4.99. The Bertz CT molecular complexity index is 336. The summed E-state index contributed by atoms with van der Waals surface area (Å²) in [5, 5.41) is 3.20. The van der Waals surface area contributed by atoms with Gasteiger partial charge < -0.3 is 10.1 Å². The van der Waals surface area contributed by atoms with Gasteiger partial charge in [0, 0.05) is 18.7 Å². The van der Waals surface area contributed by atoms with Crippen LogP contribution in [0.5, 0.6) is 5.75 Å². The Morgan fingerprint density at radius 1 is 1.31 bits per heavy atom. The van der Waals surface area contributed by atoms with Crippen molar-refractivity contribution >= 4 is 18.5 Å². The summed E-state index contributed by atoms with van der Waals surface area (Å²) in [5.74, 6) is 0.900. The van der Waals surface area contributed by atoms with E-state index in [1.54, 1.807) is 7.11 Å². The number of hydrogen-bond acceptors (Lipinski definition) is 2. The van der Waals surface area contributed by atoms with Gasteiger partial charge in [0.05, 0.1) is 7.11 Å². The van der Waals surface area contributed by atoms with Crippen molar-refractivity contribution in [3.05, 3.63) is 48.6 Å². The zero-order valence-electron chi connectivity index (χ0n) is 9.48. The van der Waals surface area contributed by atoms with Crippen molar-refractivity contribution in [3.63, 3.8) is 0 Å². The third-order valence-electron chi connectivity index (χ3n) is 1.99. The zero-order chi connectivity index (χ0) is 10.9. The van der Waals surface area contributed by atoms with Gasteiger partial charge in [-0.05, 0) is 6.07 Å². The summed E-state index contributed by atoms with van der Waals surface area (Å²) in [6.45, 7) is 5.30. The quantitative estimate of drug-likeness (QED) is 0.609. The molecule has 0 aliphatic rings. The van der Waals surface area contributed by atoms with Gasteiger partial charge in [0.1, 0.15) is 5.75 Å². The topological polar surface area (TPSA) is 21.3 Å². The number of para-hydroxylation sites is 1. The second-order valence-corrected chi connectivity index (χ2v) is 3.09. The van der Waals surface area contributed by atoms with E-state index in [1.165, 1.54) is 0 Å². The van der Waals surface area contributed by atoms with Crippen LogP contribution >= 0.6 is 12.4 Å². The Hall–Kier alpha value is -1.25. The Morgan fingerprint density at radius 3 is 2.75 bits per heavy atom. The summed E-state index contributed by atoms with van der Waals surface area (Å²) >= 11 is 0. The third-order valence-corrected chi connectivity index (χ3v) is 1.99. The molecule has 0 aromatic heterocycles. The average molecular weight is 240 g/mol. The minimum absolute atomic E-state index is 0. The number of nitrogens with one attached hydrogen (secondary N) is 1. The van der Waals surface area contributed by atoms with Crippen LogP contribution in [0.15, 0.2) is 43.0 Å². The molecule has 0 unspecified atom stereocenters. The second-order valence-electron chi connectivity index (χ2n) is 3.09. The van der Waals surface area contributed by atoms with Crippen LogP contribution in [0.3, 0.4) is 0 Å². The molecule has 1 N–H and O–H groups in total. The Labute approximate surface area is 103 Å². The van der Waals surface area contributed by atoms with Gasteiger partial charge in [0.25, 0.3) is 0 Å². The molecule has 0 bridgehead atoms. The van der Waals surface area contributed by atoms with E-state index >= 15 is 0 Å². The van der Waals surface area contributed by atoms with Crippen LogP contribution in [0.4, 0.5) is 0 Å². The zero-order valence-corrected chi connectivity index (χ0v) is 10.3. The SMILES string of the molecule is C=CCNCC=Cc1ccccc1OC.Cl. The number of methoxy groups -OCH3 is 1. The van der Waals surface area contributed by atoms with Crippen LogP contribution in [-0.2, 0) is 0 Å². The lowest BCUT2D eigenvalue weighted by atomic mass is 10.2. The molecule has 0 aliphatic carbocycles. The summed E-state index contributed by atoms with van der Waals surface area (Å²) in [6.07, 6.45) is 5.97. The molecule has 0 saturated carbocycles. The van der Waals surface area contributed by atoms with Crippen molar-refractivity contribution in [3.8, 4) is 5.75 Å². The summed E-state index contributed by atoms with van der Waals surface area (Å²) in [7, 11) is 1.68. The molecule has 0 heterocycles. The van der Waals surface area contributed by atoms with Crippen LogP contribution < -0.4 is 10.1 Å². The number of ether oxygens (including phenoxy) is 1. The van der Waals surface area contributed by atoms with Crippen molar-refractivity contribution in [2.45, 2.75) is 0 Å². The summed E-state index contributed by atoms with van der Waals surface area (Å²) in [5.41, 5.74) is 1.10. The molecule has 0 atom stereocenters. The van der Waals surface area contributed by atoms with Crippen LogP contribution in [0.25, 0.3) is 6.08 Å². The molecule has 0 spiro atoms. The summed E-state index contributed by atoms with van der Waals surface area (Å²) in [4.78, 5) is 0. The molecule has 88 valence electrons. The van der Waals surface area contributed by atoms with Gasteiger partial charge in [-0.3, -0.25) is 0 Å². The minimum Gasteiger partial charge on any atom is -0.496 e. The predicted octanol–water partition coefficient (Wildman–Crippen LogP) is 2.91. The van der Waals surface area contributed by atoms with E-state index in [-0.39, 0.29) is 12.4 Å². The maximum Gasteiger partial charge on any atom is 0.126 e. The van der Waals surface area contributed by atoms with E-state index < -0.39 is 0 Å². The molecule has 0 fully saturated rings. The van der Waals surface area contributed by atoms with E-state index in [1.807, 2.05) is 30.3 Å². The lowest BCUT2D eigenvalue weighted by Crippen LogP contribution is -2.12. The fourth-order valence-corrected chi connectivity index (χ4v) is 1.26. The minimum atomic E-state index is 0. The molecular formula is C13H18ClNO. The van der Waals surface area contributed by atoms with Crippen molar-refractivity contribution in [1.29, 1.82) is 0 Å². The highest BCUT2D eigenvalue weighted by molar-refractivity contribution is 5.85. The van der Waals surface area contributed by atoms with Crippen molar-refractivity contribution in [1.82, 2.24) is 5.32 Å². The molecule has 0 amide bonds. The van der Waals surface area contributed by atoms with Gasteiger partial charge >= 0.3 is 0 Å². The molecule has 1 aromatic rings. The highest BCUT2D eigenvalue weighted by Gasteiger charge is 1.95. The molecule has 2 nitrogen and oxygen atoms in total. The Balaban J connectivity index is 0.00000225. The van der Waals surface area contributed by atoms with Crippen LogP contribution in [0, 0.1) is 0 Å². The molecule has 0 saturated heterocycles. The highest BCUT2D eigenvalue weighted by atomic mass is 35.5. The normalized spacial score (nSPS) is 9.81. The van der Waals surface area contributed by atoms with Crippen LogP contribution in [0.1, 0.15) is 5.56 Å². The number of rotatable bonds is 6. The smallest absolute Gasteiger partial charge is 0.126 e. The first kappa shape index (κ1) is 14.8. The molecule has 1 rings (SSSR count). The number of benzene rings is 1. The summed E-state index contributed by atoms with van der Waals surface area (Å²) < 4.78 is 5.24. The van der Waals surface area contributed by atoms with E-state index in [0.29, 0.717) is 0 Å². The van der Waals surface area contributed by atoms with Crippen molar-refractivity contribution < 1.29 is 4.74 Å². The van der Waals surface area contributed by atoms with Gasteiger partial charge in [-0.25, -0.2) is 0 Å². The molecule has 1 aromatic carbocycles. The lowest BCUT2D eigenvalue weighted by molar-refractivity contribution is 0.414. The van der Waals surface area contributed by atoms with E-state index in [4.69, 9.17) is 4.74 Å². The fourth-order valence-electron chi connectivity index (χ4n) is 1.26. The van der Waals surface area contributed by atoms with E-state index in [0.717, 1.165) is 24.4 Å². The second kappa shape index (κ2) is 9.01. The Morgan fingerprint density at radius 2 is 2.06 bits per heavy atom. The number of halogens is 1. The van der Waals surface area contributed by atoms with Gasteiger partial charge in [-0.1, -0.05) is 36.4 Å². The molecule has 16 heavy (non-hydrogen) atoms. The van der Waals surface area contributed by atoms with Crippen molar-refractivity contribution in [2.24, 2.45) is 0 Å². The first-order chi connectivity index (χ1) is 7.38. The first-order valence-corrected chi connectivity index (χ1v) is 4.99. The Kier molecular flexibility index (Phi) is 8.31. The van der Waals surface area contributed by atoms with Crippen molar-refractivity contribution in [2.75, 3.05) is 20.2 Å². The van der Waals surface area contributed by atoms with Gasteiger partial charge in [-0.15, -0.1) is 19.0 Å². The number of hydrogen-bond donors (Lipinski definition) is 1. The van der Waals surface area contributed by atoms with Crippen LogP contribution in [0.2, 0.25) is 0 Å². The third kappa shape index (κ3) is 5.01. The standard InChI is InChI=1S/C13H17NO.ClH/c1-3-10-14-11-6-8-12-7-4-5-9-13(12)15-2;/h3-9,14H,1,10-11H2,2H3;1H. The summed E-state index contributed by atoms with van der Waals surface area (Å²) in [6, 6.07) is 7.95. The molecule has 3 heteroatoms. The maximum atomic E-state index is 5.24.